The first kappa shape index (κ1) is 20.5. The Hall–Kier alpha value is -2.25. The fourth-order valence-electron chi connectivity index (χ4n) is 3.36. The van der Waals surface area contributed by atoms with Crippen molar-refractivity contribution in [2.45, 2.75) is 44.4 Å². The second kappa shape index (κ2) is 8.41. The normalized spacial score (nSPS) is 16.3. The van der Waals surface area contributed by atoms with Crippen molar-refractivity contribution < 1.29 is 13.2 Å². The number of nitrogens with one attached hydrogen (secondary N) is 1. The Kier molecular flexibility index (Phi) is 6.15. The van der Waals surface area contributed by atoms with Gasteiger partial charge in [-0.2, -0.15) is 4.31 Å². The second-order valence-electron chi connectivity index (χ2n) is 7.61. The van der Waals surface area contributed by atoms with Gasteiger partial charge in [0.05, 0.1) is 4.90 Å². The monoisotopic (exact) mass is 401 g/mol. The maximum atomic E-state index is 12.9. The Morgan fingerprint density at radius 3 is 2.36 bits per heavy atom. The molecular formula is C21H27N3O3S. The molecule has 2 aromatic rings. The van der Waals surface area contributed by atoms with Crippen LogP contribution in [0.4, 0.5) is 5.82 Å². The van der Waals surface area contributed by atoms with Gasteiger partial charge in [0.25, 0.3) is 0 Å². The predicted octanol–water partition coefficient (Wildman–Crippen LogP) is 3.55. The number of anilines is 1. The van der Waals surface area contributed by atoms with Gasteiger partial charge in [0.1, 0.15) is 5.82 Å². The van der Waals surface area contributed by atoms with Crippen molar-refractivity contribution in [3.63, 3.8) is 0 Å². The van der Waals surface area contributed by atoms with Gasteiger partial charge in [0.2, 0.25) is 15.9 Å². The summed E-state index contributed by atoms with van der Waals surface area (Å²) in [6.45, 7) is 6.77. The van der Waals surface area contributed by atoms with Gasteiger partial charge < -0.3 is 5.32 Å². The number of pyridine rings is 1. The third-order valence-electron chi connectivity index (χ3n) is 5.18. The van der Waals surface area contributed by atoms with E-state index in [-0.39, 0.29) is 11.8 Å². The third kappa shape index (κ3) is 4.59. The number of rotatable bonds is 5. The first-order chi connectivity index (χ1) is 13.3. The number of hydrogen-bond acceptors (Lipinski definition) is 4. The number of amides is 1. The zero-order chi connectivity index (χ0) is 20.3. The average Bonchev–Trinajstić information content (AvgIpc) is 2.68. The summed E-state index contributed by atoms with van der Waals surface area (Å²) in [6, 6.07) is 10.8. The van der Waals surface area contributed by atoms with Gasteiger partial charge in [-0.25, -0.2) is 13.4 Å². The molecule has 1 aliphatic heterocycles. The molecule has 6 nitrogen and oxygen atoms in total. The molecule has 1 amide bonds. The molecule has 28 heavy (non-hydrogen) atoms. The second-order valence-corrected chi connectivity index (χ2v) is 9.55. The number of carbonyl (C=O) groups excluding carboxylic acids is 1. The Balaban J connectivity index is 1.61. The zero-order valence-electron chi connectivity index (χ0n) is 16.6. The first-order valence-electron chi connectivity index (χ1n) is 9.61. The highest BCUT2D eigenvalue weighted by molar-refractivity contribution is 7.89. The van der Waals surface area contributed by atoms with Crippen LogP contribution in [0.15, 0.2) is 47.5 Å². The molecule has 3 rings (SSSR count). The van der Waals surface area contributed by atoms with Crippen molar-refractivity contribution in [2.75, 3.05) is 18.4 Å². The number of sulfonamides is 1. The van der Waals surface area contributed by atoms with E-state index in [0.717, 1.165) is 11.1 Å². The molecule has 1 N–H and O–H groups in total. The fourth-order valence-corrected chi connectivity index (χ4v) is 4.83. The van der Waals surface area contributed by atoms with Crippen molar-refractivity contribution >= 4 is 21.7 Å². The lowest BCUT2D eigenvalue weighted by Gasteiger charge is -2.30. The number of aryl methyl sites for hydroxylation is 1. The molecule has 0 saturated carbocycles. The summed E-state index contributed by atoms with van der Waals surface area (Å²) in [5, 5.41) is 2.84. The summed E-state index contributed by atoms with van der Waals surface area (Å²) in [5.41, 5.74) is 2.13. The van der Waals surface area contributed by atoms with Crippen LogP contribution in [-0.2, 0) is 14.8 Å². The van der Waals surface area contributed by atoms with Crippen LogP contribution in [0.2, 0.25) is 0 Å². The minimum Gasteiger partial charge on any atom is -0.310 e. The molecule has 1 aliphatic rings. The van der Waals surface area contributed by atoms with Crippen molar-refractivity contribution in [1.82, 2.24) is 9.29 Å². The van der Waals surface area contributed by atoms with Gasteiger partial charge in [-0.3, -0.25) is 4.79 Å². The summed E-state index contributed by atoms with van der Waals surface area (Å²) in [4.78, 5) is 16.9. The topological polar surface area (TPSA) is 79.4 Å². The molecule has 0 unspecified atom stereocenters. The number of aromatic nitrogens is 1. The molecule has 0 spiro atoms. The van der Waals surface area contributed by atoms with Crippen LogP contribution >= 0.6 is 0 Å². The Morgan fingerprint density at radius 1 is 1.14 bits per heavy atom. The predicted molar refractivity (Wildman–Crippen MR) is 110 cm³/mol. The molecule has 0 atom stereocenters. The van der Waals surface area contributed by atoms with E-state index >= 15 is 0 Å². The number of carbonyl (C=O) groups is 1. The number of hydrogen-bond donors (Lipinski definition) is 1. The van der Waals surface area contributed by atoms with Gasteiger partial charge >= 0.3 is 0 Å². The molecule has 150 valence electrons. The lowest BCUT2D eigenvalue weighted by molar-refractivity contribution is -0.120. The summed E-state index contributed by atoms with van der Waals surface area (Å²) >= 11 is 0. The van der Waals surface area contributed by atoms with Gasteiger partial charge in [0.15, 0.2) is 0 Å². The zero-order valence-corrected chi connectivity index (χ0v) is 17.4. The highest BCUT2D eigenvalue weighted by atomic mass is 32.2. The van der Waals surface area contributed by atoms with Gasteiger partial charge in [-0.15, -0.1) is 0 Å². The fraction of sp³-hybridized carbons (Fsp3) is 0.429. The van der Waals surface area contributed by atoms with E-state index in [1.165, 1.54) is 4.31 Å². The highest BCUT2D eigenvalue weighted by Gasteiger charge is 2.32. The van der Waals surface area contributed by atoms with Gasteiger partial charge in [-0.05, 0) is 61.1 Å². The third-order valence-corrected chi connectivity index (χ3v) is 7.09. The number of piperidine rings is 1. The average molecular weight is 402 g/mol. The molecule has 1 fully saturated rings. The van der Waals surface area contributed by atoms with Crippen molar-refractivity contribution in [3.05, 3.63) is 53.7 Å². The summed E-state index contributed by atoms with van der Waals surface area (Å²) in [5.74, 6) is 0.577. The lowest BCUT2D eigenvalue weighted by atomic mass is 9.97. The molecule has 2 heterocycles. The largest absolute Gasteiger partial charge is 0.310 e. The Labute approximate surface area is 167 Å². The Morgan fingerprint density at radius 2 is 1.79 bits per heavy atom. The van der Waals surface area contributed by atoms with E-state index in [1.54, 1.807) is 18.3 Å². The van der Waals surface area contributed by atoms with Crippen LogP contribution in [0.25, 0.3) is 0 Å². The summed E-state index contributed by atoms with van der Waals surface area (Å²) in [7, 11) is -3.53. The van der Waals surface area contributed by atoms with E-state index < -0.39 is 10.0 Å². The van der Waals surface area contributed by atoms with E-state index in [0.29, 0.717) is 42.6 Å². The smallest absolute Gasteiger partial charge is 0.243 e. The van der Waals surface area contributed by atoms with Crippen molar-refractivity contribution in [1.29, 1.82) is 0 Å². The van der Waals surface area contributed by atoms with Crippen molar-refractivity contribution in [3.8, 4) is 0 Å². The van der Waals surface area contributed by atoms with Gasteiger partial charge in [0, 0.05) is 25.2 Å². The minimum absolute atomic E-state index is 0.101. The van der Waals surface area contributed by atoms with Crippen LogP contribution in [0.3, 0.4) is 0 Å². The molecule has 0 bridgehead atoms. The van der Waals surface area contributed by atoms with Crippen LogP contribution in [-0.4, -0.2) is 36.7 Å². The maximum absolute atomic E-state index is 12.9. The molecule has 1 aromatic carbocycles. The molecule has 0 radical (unpaired) electrons. The minimum atomic E-state index is -3.53. The Bertz CT molecular complexity index is 932. The number of nitrogens with zero attached hydrogens (tertiary/aromatic N) is 2. The van der Waals surface area contributed by atoms with Crippen molar-refractivity contribution in [2.24, 2.45) is 5.92 Å². The summed E-state index contributed by atoms with van der Waals surface area (Å²) in [6.07, 6.45) is 2.66. The SMILES string of the molecule is Cc1ccnc(NC(=O)C2CCN(S(=O)(=O)c3ccc(C(C)C)cc3)CC2)c1. The van der Waals surface area contributed by atoms with E-state index in [2.05, 4.69) is 24.1 Å². The standard InChI is InChI=1S/C21H27N3O3S/c1-15(2)17-4-6-19(7-5-17)28(26,27)24-12-9-18(10-13-24)21(25)23-20-14-16(3)8-11-22-20/h4-8,11,14-15,18H,9-10,12-13H2,1-3H3,(H,22,23,25). The van der Waals surface area contributed by atoms with Crippen LogP contribution in [0.5, 0.6) is 0 Å². The van der Waals surface area contributed by atoms with E-state index in [4.69, 9.17) is 0 Å². The molecule has 1 saturated heterocycles. The van der Waals surface area contributed by atoms with Crippen LogP contribution < -0.4 is 5.32 Å². The van der Waals surface area contributed by atoms with E-state index in [1.807, 2.05) is 31.2 Å². The van der Waals surface area contributed by atoms with Crippen LogP contribution in [0.1, 0.15) is 43.7 Å². The van der Waals surface area contributed by atoms with Gasteiger partial charge in [-0.1, -0.05) is 26.0 Å². The molecule has 7 heteroatoms. The van der Waals surface area contributed by atoms with E-state index in [9.17, 15) is 13.2 Å². The first-order valence-corrected chi connectivity index (χ1v) is 11.0. The lowest BCUT2D eigenvalue weighted by Crippen LogP contribution is -2.41. The highest BCUT2D eigenvalue weighted by Crippen LogP contribution is 2.26. The van der Waals surface area contributed by atoms with Crippen LogP contribution in [0, 0.1) is 12.8 Å². The maximum Gasteiger partial charge on any atom is 0.243 e. The molecular weight excluding hydrogens is 374 g/mol. The molecule has 0 aliphatic carbocycles. The summed E-state index contributed by atoms with van der Waals surface area (Å²) < 4.78 is 27.3. The quantitative estimate of drug-likeness (QED) is 0.831. The molecule has 1 aromatic heterocycles. The number of benzene rings is 1.